The highest BCUT2D eigenvalue weighted by Gasteiger charge is 2.42. The number of nitrogens with zero attached hydrogens (tertiary/aromatic N) is 2. The normalized spacial score (nSPS) is 43.6. The fourth-order valence-electron chi connectivity index (χ4n) is 4.78. The lowest BCUT2D eigenvalue weighted by molar-refractivity contribution is -0.00771. The third-order valence-corrected chi connectivity index (χ3v) is 6.11. The van der Waals surface area contributed by atoms with Crippen LogP contribution in [0, 0.1) is 0 Å². The Morgan fingerprint density at radius 1 is 1.20 bits per heavy atom. The zero-order chi connectivity index (χ0) is 14.2. The molecule has 0 aromatic carbocycles. The van der Waals surface area contributed by atoms with Gasteiger partial charge >= 0.3 is 0 Å². The minimum Gasteiger partial charge on any atom is -0.394 e. The minimum absolute atomic E-state index is 0.0323. The minimum atomic E-state index is -0.0323. The van der Waals surface area contributed by atoms with Gasteiger partial charge in [0.15, 0.2) is 0 Å². The number of rotatable bonds is 3. The Hall–Kier alpha value is -0.160. The zero-order valence-corrected chi connectivity index (χ0v) is 13.1. The van der Waals surface area contributed by atoms with Crippen molar-refractivity contribution in [2.24, 2.45) is 0 Å². The van der Waals surface area contributed by atoms with Crippen LogP contribution in [0.25, 0.3) is 0 Å². The Labute approximate surface area is 123 Å². The highest BCUT2D eigenvalue weighted by Crippen LogP contribution is 2.34. The molecule has 3 rings (SSSR count). The molecule has 116 valence electrons. The number of likely N-dealkylation sites (N-methyl/N-ethyl adjacent to an activating group) is 1. The third kappa shape index (κ3) is 2.63. The highest BCUT2D eigenvalue weighted by atomic mass is 16.3. The number of aliphatic hydroxyl groups is 1. The summed E-state index contributed by atoms with van der Waals surface area (Å²) < 4.78 is 0. The number of piperazine rings is 1. The Bertz CT molecular complexity index is 332. The van der Waals surface area contributed by atoms with Gasteiger partial charge in [-0.05, 0) is 59.0 Å². The average Bonchev–Trinajstić information content (AvgIpc) is 2.93. The number of fused-ring (bicyclic) bond motifs is 1. The van der Waals surface area contributed by atoms with E-state index in [0.717, 1.165) is 18.9 Å². The predicted octanol–water partition coefficient (Wildman–Crippen LogP) is 1.05. The molecule has 0 bridgehead atoms. The van der Waals surface area contributed by atoms with E-state index in [4.69, 9.17) is 0 Å². The van der Waals surface area contributed by atoms with Crippen molar-refractivity contribution in [2.75, 3.05) is 33.3 Å². The van der Waals surface area contributed by atoms with Crippen molar-refractivity contribution in [3.8, 4) is 0 Å². The van der Waals surface area contributed by atoms with Gasteiger partial charge in [0.1, 0.15) is 0 Å². The van der Waals surface area contributed by atoms with Gasteiger partial charge in [0, 0.05) is 36.8 Å². The molecule has 0 aromatic heterocycles. The highest BCUT2D eigenvalue weighted by molar-refractivity contribution is 4.99. The van der Waals surface area contributed by atoms with E-state index >= 15 is 0 Å². The Balaban J connectivity index is 1.68. The van der Waals surface area contributed by atoms with Gasteiger partial charge in [-0.1, -0.05) is 0 Å². The summed E-state index contributed by atoms with van der Waals surface area (Å²) in [6, 6.07) is 2.12. The summed E-state index contributed by atoms with van der Waals surface area (Å²) in [5, 5.41) is 13.2. The number of hydrogen-bond donors (Lipinski definition) is 2. The predicted molar refractivity (Wildman–Crippen MR) is 81.9 cm³/mol. The molecule has 4 nitrogen and oxygen atoms in total. The fourth-order valence-corrected chi connectivity index (χ4v) is 4.78. The maximum absolute atomic E-state index is 9.78. The number of aliphatic hydroxyl groups excluding tert-OH is 1. The summed E-state index contributed by atoms with van der Waals surface area (Å²) in [7, 11) is 2.01. The molecule has 2 N–H and O–H groups in total. The van der Waals surface area contributed by atoms with Crippen molar-refractivity contribution >= 4 is 0 Å². The first-order valence-corrected chi connectivity index (χ1v) is 8.47. The maximum Gasteiger partial charge on any atom is 0.0613 e. The Morgan fingerprint density at radius 3 is 2.75 bits per heavy atom. The molecular weight excluding hydrogens is 250 g/mol. The van der Waals surface area contributed by atoms with Gasteiger partial charge < -0.3 is 10.4 Å². The van der Waals surface area contributed by atoms with E-state index in [1.165, 1.54) is 45.3 Å². The summed E-state index contributed by atoms with van der Waals surface area (Å²) in [5.41, 5.74) is -0.0323. The van der Waals surface area contributed by atoms with Crippen LogP contribution in [0.15, 0.2) is 0 Å². The summed E-state index contributed by atoms with van der Waals surface area (Å²) in [5.74, 6) is 0. The van der Waals surface area contributed by atoms with E-state index in [2.05, 4.69) is 22.0 Å². The molecule has 0 radical (unpaired) electrons. The van der Waals surface area contributed by atoms with Crippen molar-refractivity contribution in [1.29, 1.82) is 0 Å². The molecule has 1 saturated carbocycles. The molecule has 3 aliphatic rings. The van der Waals surface area contributed by atoms with Gasteiger partial charge in [-0.25, -0.2) is 0 Å². The quantitative estimate of drug-likeness (QED) is 0.811. The molecule has 1 aliphatic carbocycles. The summed E-state index contributed by atoms with van der Waals surface area (Å²) in [4.78, 5) is 5.45. The average molecular weight is 281 g/mol. The Kier molecular flexibility index (Phi) is 4.37. The van der Waals surface area contributed by atoms with Crippen molar-refractivity contribution in [3.05, 3.63) is 0 Å². The molecule has 4 heteroatoms. The maximum atomic E-state index is 9.78. The van der Waals surface area contributed by atoms with Crippen LogP contribution in [0.2, 0.25) is 0 Å². The molecule has 4 atom stereocenters. The fraction of sp³-hybridized carbons (Fsp3) is 1.00. The van der Waals surface area contributed by atoms with Crippen LogP contribution in [0.4, 0.5) is 0 Å². The zero-order valence-electron chi connectivity index (χ0n) is 13.1. The lowest BCUT2D eigenvalue weighted by atomic mass is 9.78. The van der Waals surface area contributed by atoms with Crippen molar-refractivity contribution in [3.63, 3.8) is 0 Å². The molecule has 0 spiro atoms. The van der Waals surface area contributed by atoms with Crippen LogP contribution >= 0.6 is 0 Å². The first kappa shape index (κ1) is 14.8. The molecule has 20 heavy (non-hydrogen) atoms. The molecule has 4 unspecified atom stereocenters. The Morgan fingerprint density at radius 2 is 2.00 bits per heavy atom. The van der Waals surface area contributed by atoms with E-state index in [1.807, 2.05) is 7.05 Å². The van der Waals surface area contributed by atoms with Crippen LogP contribution in [-0.4, -0.2) is 71.9 Å². The summed E-state index contributed by atoms with van der Waals surface area (Å²) in [6.07, 6.45) is 7.54. The number of hydrogen-bond acceptors (Lipinski definition) is 4. The molecule has 2 saturated heterocycles. The molecule has 2 aliphatic heterocycles. The van der Waals surface area contributed by atoms with Crippen LogP contribution in [0.3, 0.4) is 0 Å². The van der Waals surface area contributed by atoms with E-state index in [9.17, 15) is 5.11 Å². The van der Waals surface area contributed by atoms with E-state index in [1.54, 1.807) is 0 Å². The van der Waals surface area contributed by atoms with E-state index < -0.39 is 0 Å². The third-order valence-electron chi connectivity index (χ3n) is 6.11. The van der Waals surface area contributed by atoms with Gasteiger partial charge in [0.25, 0.3) is 0 Å². The van der Waals surface area contributed by atoms with Gasteiger partial charge in [-0.15, -0.1) is 0 Å². The molecular formula is C16H31N3O. The molecule has 2 heterocycles. The van der Waals surface area contributed by atoms with Crippen molar-refractivity contribution < 1.29 is 5.11 Å². The van der Waals surface area contributed by atoms with E-state index in [0.29, 0.717) is 12.1 Å². The summed E-state index contributed by atoms with van der Waals surface area (Å²) >= 11 is 0. The molecule has 3 fully saturated rings. The topological polar surface area (TPSA) is 38.7 Å². The second kappa shape index (κ2) is 5.91. The second-order valence-electron chi connectivity index (χ2n) is 7.28. The lowest BCUT2D eigenvalue weighted by Gasteiger charge is -2.50. The largest absolute Gasteiger partial charge is 0.394 e. The second-order valence-corrected chi connectivity index (χ2v) is 7.28. The van der Waals surface area contributed by atoms with Gasteiger partial charge in [0.05, 0.1) is 6.61 Å². The first-order valence-electron chi connectivity index (χ1n) is 8.47. The van der Waals surface area contributed by atoms with Crippen LogP contribution < -0.4 is 5.32 Å². The van der Waals surface area contributed by atoms with Crippen LogP contribution in [-0.2, 0) is 0 Å². The smallest absolute Gasteiger partial charge is 0.0613 e. The first-order chi connectivity index (χ1) is 9.67. The van der Waals surface area contributed by atoms with Crippen molar-refractivity contribution in [1.82, 2.24) is 15.1 Å². The van der Waals surface area contributed by atoms with Crippen LogP contribution in [0.5, 0.6) is 0 Å². The van der Waals surface area contributed by atoms with Gasteiger partial charge in [0.2, 0.25) is 0 Å². The van der Waals surface area contributed by atoms with E-state index in [-0.39, 0.29) is 12.1 Å². The van der Waals surface area contributed by atoms with Crippen LogP contribution in [0.1, 0.15) is 45.4 Å². The standard InChI is InChI=1S/C16H31N3O/c1-13-10-18-8-4-6-15(18)11-19(13)14-5-3-7-16(9-14,12-20)17-2/h13-15,17,20H,3-12H2,1-2H3. The van der Waals surface area contributed by atoms with Crippen molar-refractivity contribution in [2.45, 2.75) is 69.1 Å². The SMILES string of the molecule is CNC1(CO)CCCC(N2CC3CCCN3CC2C)C1. The monoisotopic (exact) mass is 281 g/mol. The lowest BCUT2D eigenvalue weighted by Crippen LogP contribution is -2.61. The molecule has 0 amide bonds. The molecule has 0 aromatic rings. The summed E-state index contributed by atoms with van der Waals surface area (Å²) in [6.45, 7) is 6.47. The number of nitrogens with one attached hydrogen (secondary N) is 1. The van der Waals surface area contributed by atoms with Gasteiger partial charge in [-0.3, -0.25) is 9.80 Å². The van der Waals surface area contributed by atoms with Gasteiger partial charge in [-0.2, -0.15) is 0 Å².